The van der Waals surface area contributed by atoms with E-state index in [0.717, 1.165) is 22.3 Å². The minimum Gasteiger partial charge on any atom is -0.300 e. The molecule has 106 valence electrons. The molecule has 0 radical (unpaired) electrons. The van der Waals surface area contributed by atoms with Crippen LogP contribution in [0.15, 0.2) is 48.5 Å². The van der Waals surface area contributed by atoms with E-state index in [-0.39, 0.29) is 11.6 Å². The van der Waals surface area contributed by atoms with Crippen LogP contribution in [0.2, 0.25) is 0 Å². The highest BCUT2D eigenvalue weighted by Gasteiger charge is 2.44. The first-order chi connectivity index (χ1) is 10.0. The van der Waals surface area contributed by atoms with Crippen LogP contribution in [0.1, 0.15) is 37.8 Å². The first-order valence-electron chi connectivity index (χ1n) is 7.23. The zero-order valence-corrected chi connectivity index (χ0v) is 12.3. The summed E-state index contributed by atoms with van der Waals surface area (Å²) in [5.41, 5.74) is 4.02. The molecule has 0 atom stereocenters. The van der Waals surface area contributed by atoms with Crippen LogP contribution in [-0.4, -0.2) is 11.6 Å². The molecule has 0 bridgehead atoms. The molecule has 21 heavy (non-hydrogen) atoms. The number of benzene rings is 2. The summed E-state index contributed by atoms with van der Waals surface area (Å²) in [6.07, 6.45) is 0.751. The predicted octanol–water partition coefficient (Wildman–Crippen LogP) is 3.91. The van der Waals surface area contributed by atoms with Crippen LogP contribution in [0.3, 0.4) is 0 Å². The van der Waals surface area contributed by atoms with Gasteiger partial charge in [-0.3, -0.25) is 9.59 Å². The molecule has 0 aromatic heterocycles. The molecule has 0 heterocycles. The van der Waals surface area contributed by atoms with Gasteiger partial charge in [-0.2, -0.15) is 0 Å². The van der Waals surface area contributed by atoms with Gasteiger partial charge in [-0.1, -0.05) is 48.5 Å². The molecule has 0 unspecified atom stereocenters. The van der Waals surface area contributed by atoms with Gasteiger partial charge in [0, 0.05) is 18.3 Å². The summed E-state index contributed by atoms with van der Waals surface area (Å²) in [5.74, 6) is 0.227. The van der Waals surface area contributed by atoms with Crippen molar-refractivity contribution in [1.29, 1.82) is 0 Å². The molecule has 3 rings (SSSR count). The number of carbonyl (C=O) groups excluding carboxylic acids is 2. The Balaban J connectivity index is 2.31. The first-order valence-corrected chi connectivity index (χ1v) is 7.23. The molecule has 2 aromatic carbocycles. The zero-order chi connectivity index (χ0) is 15.0. The third-order valence-corrected chi connectivity index (χ3v) is 4.28. The van der Waals surface area contributed by atoms with E-state index in [1.165, 1.54) is 0 Å². The zero-order valence-electron chi connectivity index (χ0n) is 12.3. The number of rotatable bonds is 4. The van der Waals surface area contributed by atoms with E-state index in [0.29, 0.717) is 12.8 Å². The Labute approximate surface area is 124 Å². The summed E-state index contributed by atoms with van der Waals surface area (Å²) in [4.78, 5) is 23.8. The van der Waals surface area contributed by atoms with Crippen molar-refractivity contribution in [2.75, 3.05) is 0 Å². The van der Waals surface area contributed by atoms with Crippen LogP contribution in [0, 0.1) is 0 Å². The second-order valence-electron chi connectivity index (χ2n) is 5.93. The van der Waals surface area contributed by atoms with Gasteiger partial charge in [-0.05, 0) is 36.1 Å². The van der Waals surface area contributed by atoms with Crippen molar-refractivity contribution < 1.29 is 9.59 Å². The SMILES string of the molecule is CC(=O)CC1(CC(C)=O)c2ccccc2-c2ccccc21. The third kappa shape index (κ3) is 2.11. The number of hydrogen-bond donors (Lipinski definition) is 0. The smallest absolute Gasteiger partial charge is 0.131 e. The molecule has 0 saturated heterocycles. The number of Topliss-reactive ketones (excluding diaryl/α,β-unsaturated/α-hetero) is 2. The van der Waals surface area contributed by atoms with E-state index in [1.54, 1.807) is 13.8 Å². The largest absolute Gasteiger partial charge is 0.300 e. The van der Waals surface area contributed by atoms with Gasteiger partial charge in [0.1, 0.15) is 11.6 Å². The molecule has 0 N–H and O–H groups in total. The second-order valence-corrected chi connectivity index (χ2v) is 5.93. The summed E-state index contributed by atoms with van der Waals surface area (Å²) in [6.45, 7) is 3.21. The summed E-state index contributed by atoms with van der Waals surface area (Å²) in [6, 6.07) is 16.3. The monoisotopic (exact) mass is 278 g/mol. The van der Waals surface area contributed by atoms with Crippen molar-refractivity contribution in [2.24, 2.45) is 0 Å². The van der Waals surface area contributed by atoms with Crippen molar-refractivity contribution in [2.45, 2.75) is 32.1 Å². The molecule has 2 aromatic rings. The third-order valence-electron chi connectivity index (χ3n) is 4.28. The average molecular weight is 278 g/mol. The lowest BCUT2D eigenvalue weighted by atomic mass is 9.71. The minimum absolute atomic E-state index is 0.114. The molecule has 1 aliphatic carbocycles. The Morgan fingerprint density at radius 1 is 0.762 bits per heavy atom. The summed E-state index contributed by atoms with van der Waals surface area (Å²) >= 11 is 0. The fourth-order valence-electron chi connectivity index (χ4n) is 3.71. The first kappa shape index (κ1) is 13.7. The van der Waals surface area contributed by atoms with Gasteiger partial charge in [0.05, 0.1) is 0 Å². The maximum absolute atomic E-state index is 11.9. The molecule has 1 aliphatic rings. The lowest BCUT2D eigenvalue weighted by molar-refractivity contribution is -0.119. The summed E-state index contributed by atoms with van der Waals surface area (Å²) in [7, 11) is 0. The van der Waals surface area contributed by atoms with Gasteiger partial charge < -0.3 is 0 Å². The van der Waals surface area contributed by atoms with E-state index < -0.39 is 5.41 Å². The van der Waals surface area contributed by atoms with Gasteiger partial charge in [-0.15, -0.1) is 0 Å². The van der Waals surface area contributed by atoms with Crippen molar-refractivity contribution >= 4 is 11.6 Å². The normalized spacial score (nSPS) is 14.4. The Morgan fingerprint density at radius 2 is 1.14 bits per heavy atom. The van der Waals surface area contributed by atoms with Crippen LogP contribution in [0.25, 0.3) is 11.1 Å². The number of hydrogen-bond acceptors (Lipinski definition) is 2. The number of ketones is 2. The van der Waals surface area contributed by atoms with Crippen molar-refractivity contribution in [1.82, 2.24) is 0 Å². The van der Waals surface area contributed by atoms with Crippen LogP contribution in [0.5, 0.6) is 0 Å². The van der Waals surface area contributed by atoms with Crippen molar-refractivity contribution in [3.63, 3.8) is 0 Å². The minimum atomic E-state index is -0.495. The van der Waals surface area contributed by atoms with E-state index >= 15 is 0 Å². The predicted molar refractivity (Wildman–Crippen MR) is 83.3 cm³/mol. The van der Waals surface area contributed by atoms with Crippen molar-refractivity contribution in [3.8, 4) is 11.1 Å². The van der Waals surface area contributed by atoms with E-state index in [2.05, 4.69) is 24.3 Å². The van der Waals surface area contributed by atoms with Crippen LogP contribution in [0.4, 0.5) is 0 Å². The Hall–Kier alpha value is -2.22. The van der Waals surface area contributed by atoms with Gasteiger partial charge in [0.15, 0.2) is 0 Å². The summed E-state index contributed by atoms with van der Waals surface area (Å²) < 4.78 is 0. The number of carbonyl (C=O) groups is 2. The van der Waals surface area contributed by atoms with Gasteiger partial charge in [0.25, 0.3) is 0 Å². The molecule has 2 nitrogen and oxygen atoms in total. The maximum Gasteiger partial charge on any atom is 0.131 e. The molecule has 0 spiro atoms. The highest BCUT2D eigenvalue weighted by Crippen LogP contribution is 2.52. The van der Waals surface area contributed by atoms with Crippen molar-refractivity contribution in [3.05, 3.63) is 59.7 Å². The number of fused-ring (bicyclic) bond motifs is 3. The molecule has 0 amide bonds. The molecule has 0 fully saturated rings. The van der Waals surface area contributed by atoms with Crippen LogP contribution < -0.4 is 0 Å². The molecule has 2 heteroatoms. The van der Waals surface area contributed by atoms with Gasteiger partial charge in [-0.25, -0.2) is 0 Å². The fourth-order valence-corrected chi connectivity index (χ4v) is 3.71. The van der Waals surface area contributed by atoms with Crippen LogP contribution in [-0.2, 0) is 15.0 Å². The van der Waals surface area contributed by atoms with Gasteiger partial charge in [0.2, 0.25) is 0 Å². The van der Waals surface area contributed by atoms with E-state index in [9.17, 15) is 9.59 Å². The second kappa shape index (κ2) is 4.96. The topological polar surface area (TPSA) is 34.1 Å². The Bertz CT molecular complexity index is 664. The molecular formula is C19H18O2. The maximum atomic E-state index is 11.9. The lowest BCUT2D eigenvalue weighted by Gasteiger charge is -2.30. The molecular weight excluding hydrogens is 260 g/mol. The van der Waals surface area contributed by atoms with Crippen LogP contribution >= 0.6 is 0 Å². The molecule has 0 aliphatic heterocycles. The Morgan fingerprint density at radius 3 is 1.52 bits per heavy atom. The quantitative estimate of drug-likeness (QED) is 0.849. The highest BCUT2D eigenvalue weighted by molar-refractivity contribution is 5.90. The average Bonchev–Trinajstić information content (AvgIpc) is 2.70. The van der Waals surface area contributed by atoms with Gasteiger partial charge >= 0.3 is 0 Å². The standard InChI is InChI=1S/C19H18O2/c1-13(20)11-19(12-14(2)21)17-9-5-3-7-15(17)16-8-4-6-10-18(16)19/h3-10H,11-12H2,1-2H3. The highest BCUT2D eigenvalue weighted by atomic mass is 16.1. The summed E-state index contributed by atoms with van der Waals surface area (Å²) in [5, 5.41) is 0. The van der Waals surface area contributed by atoms with E-state index in [1.807, 2.05) is 24.3 Å². The molecule has 0 saturated carbocycles. The fraction of sp³-hybridized carbons (Fsp3) is 0.263. The van der Waals surface area contributed by atoms with E-state index in [4.69, 9.17) is 0 Å². The lowest BCUT2D eigenvalue weighted by Crippen LogP contribution is -2.30. The Kier molecular flexibility index (Phi) is 3.25.